The first kappa shape index (κ1) is 15.9. The molecule has 5 nitrogen and oxygen atoms in total. The molecule has 3 unspecified atom stereocenters. The fourth-order valence-corrected chi connectivity index (χ4v) is 2.61. The van der Waals surface area contributed by atoms with Gasteiger partial charge >= 0.3 is 0 Å². The lowest BCUT2D eigenvalue weighted by atomic mass is 9.99. The molecule has 5 heteroatoms. The maximum Gasteiger partial charge on any atom is 0.158 e. The first-order chi connectivity index (χ1) is 8.62. The fourth-order valence-electron chi connectivity index (χ4n) is 2.61. The van der Waals surface area contributed by atoms with Crippen molar-refractivity contribution >= 4 is 0 Å². The standard InChI is InChI=1S/C13H29N3O2/c1-10-6-5-7-11(2)16(10)15-12(9-14)8-13(17-3)18-4/h10-13,15H,5-9,14H2,1-4H3. The molecule has 0 aromatic heterocycles. The molecular weight excluding hydrogens is 230 g/mol. The smallest absolute Gasteiger partial charge is 0.158 e. The zero-order chi connectivity index (χ0) is 13.5. The number of nitrogens with zero attached hydrogens (tertiary/aromatic N) is 1. The third-order valence-electron chi connectivity index (χ3n) is 3.81. The first-order valence-corrected chi connectivity index (χ1v) is 6.92. The number of hydrogen-bond acceptors (Lipinski definition) is 5. The average molecular weight is 259 g/mol. The second kappa shape index (κ2) is 8.07. The Balaban J connectivity index is 2.50. The molecule has 1 heterocycles. The van der Waals surface area contributed by atoms with Crippen LogP contribution in [0.3, 0.4) is 0 Å². The summed E-state index contributed by atoms with van der Waals surface area (Å²) in [6.07, 6.45) is 4.37. The Labute approximate surface area is 111 Å². The molecule has 3 atom stereocenters. The van der Waals surface area contributed by atoms with Gasteiger partial charge in [0.1, 0.15) is 0 Å². The van der Waals surface area contributed by atoms with Crippen LogP contribution >= 0.6 is 0 Å². The van der Waals surface area contributed by atoms with Gasteiger partial charge in [0.25, 0.3) is 0 Å². The van der Waals surface area contributed by atoms with Gasteiger partial charge in [-0.25, -0.2) is 5.01 Å². The van der Waals surface area contributed by atoms with E-state index in [2.05, 4.69) is 24.3 Å². The van der Waals surface area contributed by atoms with Crippen LogP contribution in [-0.4, -0.2) is 50.2 Å². The third kappa shape index (κ3) is 4.48. The molecule has 0 saturated carbocycles. The minimum absolute atomic E-state index is 0.192. The molecular formula is C13H29N3O2. The van der Waals surface area contributed by atoms with Crippen LogP contribution in [0.15, 0.2) is 0 Å². The van der Waals surface area contributed by atoms with Crippen molar-refractivity contribution in [3.63, 3.8) is 0 Å². The van der Waals surface area contributed by atoms with Crippen molar-refractivity contribution in [1.82, 2.24) is 10.4 Å². The van der Waals surface area contributed by atoms with E-state index in [1.165, 1.54) is 19.3 Å². The van der Waals surface area contributed by atoms with Crippen LogP contribution in [0.5, 0.6) is 0 Å². The lowest BCUT2D eigenvalue weighted by Gasteiger charge is -2.41. The summed E-state index contributed by atoms with van der Waals surface area (Å²) >= 11 is 0. The van der Waals surface area contributed by atoms with E-state index in [0.29, 0.717) is 18.6 Å². The summed E-state index contributed by atoms with van der Waals surface area (Å²) in [5.74, 6) is 0. The van der Waals surface area contributed by atoms with Gasteiger partial charge in [-0.15, -0.1) is 0 Å². The van der Waals surface area contributed by atoms with Gasteiger partial charge in [0.15, 0.2) is 6.29 Å². The predicted octanol–water partition coefficient (Wildman–Crippen LogP) is 1.09. The van der Waals surface area contributed by atoms with Crippen LogP contribution in [0.4, 0.5) is 0 Å². The summed E-state index contributed by atoms with van der Waals surface area (Å²) in [7, 11) is 3.32. The van der Waals surface area contributed by atoms with E-state index in [1.54, 1.807) is 14.2 Å². The van der Waals surface area contributed by atoms with Crippen LogP contribution in [0.25, 0.3) is 0 Å². The number of hydrazine groups is 1. The van der Waals surface area contributed by atoms with Crippen molar-refractivity contribution in [3.8, 4) is 0 Å². The van der Waals surface area contributed by atoms with E-state index in [-0.39, 0.29) is 12.3 Å². The summed E-state index contributed by atoms with van der Waals surface area (Å²) in [5.41, 5.74) is 9.39. The number of hydrogen-bond donors (Lipinski definition) is 2. The first-order valence-electron chi connectivity index (χ1n) is 6.92. The number of nitrogens with two attached hydrogens (primary N) is 1. The molecule has 0 aliphatic carbocycles. The van der Waals surface area contributed by atoms with E-state index in [1.807, 2.05) is 0 Å². The van der Waals surface area contributed by atoms with Gasteiger partial charge in [0, 0.05) is 45.3 Å². The minimum atomic E-state index is -0.193. The maximum atomic E-state index is 5.84. The highest BCUT2D eigenvalue weighted by atomic mass is 16.7. The molecule has 18 heavy (non-hydrogen) atoms. The molecule has 108 valence electrons. The molecule has 1 aliphatic heterocycles. The van der Waals surface area contributed by atoms with Gasteiger partial charge in [-0.2, -0.15) is 0 Å². The van der Waals surface area contributed by atoms with Crippen LogP contribution in [-0.2, 0) is 9.47 Å². The summed E-state index contributed by atoms with van der Waals surface area (Å²) < 4.78 is 10.5. The number of nitrogens with one attached hydrogen (secondary N) is 1. The van der Waals surface area contributed by atoms with Gasteiger partial charge in [0.2, 0.25) is 0 Å². The number of rotatable bonds is 7. The van der Waals surface area contributed by atoms with E-state index < -0.39 is 0 Å². The Morgan fingerprint density at radius 3 is 2.22 bits per heavy atom. The second-order valence-electron chi connectivity index (χ2n) is 5.23. The lowest BCUT2D eigenvalue weighted by Crippen LogP contribution is -2.57. The monoisotopic (exact) mass is 259 g/mol. The number of ether oxygens (including phenoxy) is 2. The van der Waals surface area contributed by atoms with Crippen molar-refractivity contribution in [2.24, 2.45) is 5.73 Å². The van der Waals surface area contributed by atoms with Crippen LogP contribution < -0.4 is 11.2 Å². The van der Waals surface area contributed by atoms with E-state index >= 15 is 0 Å². The topological polar surface area (TPSA) is 59.8 Å². The van der Waals surface area contributed by atoms with Gasteiger partial charge in [-0.1, -0.05) is 6.42 Å². The average Bonchev–Trinajstić information content (AvgIpc) is 2.38. The zero-order valence-corrected chi connectivity index (χ0v) is 12.2. The van der Waals surface area contributed by atoms with Crippen molar-refractivity contribution in [2.45, 2.75) is 63.9 Å². The minimum Gasteiger partial charge on any atom is -0.356 e. The van der Waals surface area contributed by atoms with Gasteiger partial charge in [0.05, 0.1) is 0 Å². The molecule has 0 bridgehead atoms. The molecule has 0 aromatic carbocycles. The molecule has 1 fully saturated rings. The van der Waals surface area contributed by atoms with Gasteiger partial charge in [-0.05, 0) is 26.7 Å². The Kier molecular flexibility index (Phi) is 7.11. The van der Waals surface area contributed by atoms with Crippen molar-refractivity contribution < 1.29 is 9.47 Å². The van der Waals surface area contributed by atoms with Crippen molar-refractivity contribution in [2.75, 3.05) is 20.8 Å². The third-order valence-corrected chi connectivity index (χ3v) is 3.81. The molecule has 3 N–H and O–H groups in total. The Bertz CT molecular complexity index is 214. The number of piperidine rings is 1. The normalized spacial score (nSPS) is 27.7. The Morgan fingerprint density at radius 2 is 1.78 bits per heavy atom. The molecule has 0 aromatic rings. The number of methoxy groups -OCH3 is 2. The van der Waals surface area contributed by atoms with Crippen LogP contribution in [0, 0.1) is 0 Å². The predicted molar refractivity (Wildman–Crippen MR) is 73.0 cm³/mol. The van der Waals surface area contributed by atoms with E-state index in [0.717, 1.165) is 6.42 Å². The SMILES string of the molecule is COC(CC(CN)NN1C(C)CCCC1C)OC. The van der Waals surface area contributed by atoms with Crippen molar-refractivity contribution in [3.05, 3.63) is 0 Å². The highest BCUT2D eigenvalue weighted by Crippen LogP contribution is 2.21. The second-order valence-corrected chi connectivity index (χ2v) is 5.23. The maximum absolute atomic E-state index is 5.84. The van der Waals surface area contributed by atoms with Gasteiger partial charge in [-0.3, -0.25) is 5.43 Å². The molecule has 0 spiro atoms. The highest BCUT2D eigenvalue weighted by Gasteiger charge is 2.27. The summed E-state index contributed by atoms with van der Waals surface area (Å²) in [6.45, 7) is 5.11. The molecule has 0 radical (unpaired) electrons. The molecule has 1 saturated heterocycles. The summed E-state index contributed by atoms with van der Waals surface area (Å²) in [6, 6.07) is 1.32. The van der Waals surface area contributed by atoms with Gasteiger partial charge < -0.3 is 15.2 Å². The Morgan fingerprint density at radius 1 is 1.22 bits per heavy atom. The van der Waals surface area contributed by atoms with Crippen LogP contribution in [0.1, 0.15) is 39.5 Å². The summed E-state index contributed by atoms with van der Waals surface area (Å²) in [4.78, 5) is 0. The molecule has 1 aliphatic rings. The van der Waals surface area contributed by atoms with E-state index in [9.17, 15) is 0 Å². The van der Waals surface area contributed by atoms with Crippen LogP contribution in [0.2, 0.25) is 0 Å². The largest absolute Gasteiger partial charge is 0.356 e. The molecule has 0 amide bonds. The lowest BCUT2D eigenvalue weighted by molar-refractivity contribution is -0.115. The van der Waals surface area contributed by atoms with E-state index in [4.69, 9.17) is 15.2 Å². The molecule has 1 rings (SSSR count). The highest BCUT2D eigenvalue weighted by molar-refractivity contribution is 4.79. The quantitative estimate of drug-likeness (QED) is 0.670. The summed E-state index contributed by atoms with van der Waals surface area (Å²) in [5, 5.41) is 2.35. The zero-order valence-electron chi connectivity index (χ0n) is 12.2. The Hall–Kier alpha value is -0.200. The fraction of sp³-hybridized carbons (Fsp3) is 1.00. The van der Waals surface area contributed by atoms with Crippen molar-refractivity contribution in [1.29, 1.82) is 0 Å².